The Labute approximate surface area is 102 Å². The van der Waals surface area contributed by atoms with E-state index in [1.165, 1.54) is 5.69 Å². The van der Waals surface area contributed by atoms with Gasteiger partial charge in [-0.25, -0.2) is 4.98 Å². The highest BCUT2D eigenvalue weighted by atomic mass is 16.3. The maximum Gasteiger partial charge on any atom is 0.137 e. The quantitative estimate of drug-likeness (QED) is 0.882. The SMILES string of the molecule is CC(O)c1ccn2c(C(C)C(C)C)cnc2c1. The van der Waals surface area contributed by atoms with E-state index in [2.05, 4.69) is 30.2 Å². The molecule has 3 nitrogen and oxygen atoms in total. The average Bonchev–Trinajstić information content (AvgIpc) is 2.70. The molecule has 2 atom stereocenters. The molecule has 0 aromatic carbocycles. The fourth-order valence-electron chi connectivity index (χ4n) is 1.95. The fourth-order valence-corrected chi connectivity index (χ4v) is 1.95. The van der Waals surface area contributed by atoms with Crippen molar-refractivity contribution in [3.63, 3.8) is 0 Å². The Hall–Kier alpha value is -1.35. The van der Waals surface area contributed by atoms with Gasteiger partial charge in [0.2, 0.25) is 0 Å². The number of fused-ring (bicyclic) bond motifs is 1. The van der Waals surface area contributed by atoms with Crippen molar-refractivity contribution in [1.29, 1.82) is 0 Å². The number of aliphatic hydroxyl groups is 1. The van der Waals surface area contributed by atoms with Crippen LogP contribution in [0.4, 0.5) is 0 Å². The lowest BCUT2D eigenvalue weighted by Gasteiger charge is -2.15. The fraction of sp³-hybridized carbons (Fsp3) is 0.500. The molecule has 2 heterocycles. The minimum absolute atomic E-state index is 0.442. The zero-order chi connectivity index (χ0) is 12.6. The summed E-state index contributed by atoms with van der Waals surface area (Å²) in [6.07, 6.45) is 3.49. The Morgan fingerprint density at radius 3 is 2.53 bits per heavy atom. The monoisotopic (exact) mass is 232 g/mol. The summed E-state index contributed by atoms with van der Waals surface area (Å²) >= 11 is 0. The molecule has 2 rings (SSSR count). The molecule has 92 valence electrons. The summed E-state index contributed by atoms with van der Waals surface area (Å²) in [4.78, 5) is 4.42. The van der Waals surface area contributed by atoms with Crippen molar-refractivity contribution in [2.45, 2.75) is 39.7 Å². The van der Waals surface area contributed by atoms with Crippen LogP contribution in [0.15, 0.2) is 24.5 Å². The van der Waals surface area contributed by atoms with E-state index < -0.39 is 6.10 Å². The molecule has 0 radical (unpaired) electrons. The molecule has 0 amide bonds. The van der Waals surface area contributed by atoms with Gasteiger partial charge < -0.3 is 9.51 Å². The van der Waals surface area contributed by atoms with Gasteiger partial charge in [-0.3, -0.25) is 0 Å². The van der Waals surface area contributed by atoms with Crippen LogP contribution < -0.4 is 0 Å². The molecule has 0 spiro atoms. The van der Waals surface area contributed by atoms with E-state index >= 15 is 0 Å². The first-order valence-electron chi connectivity index (χ1n) is 6.15. The summed E-state index contributed by atoms with van der Waals surface area (Å²) in [6.45, 7) is 8.42. The van der Waals surface area contributed by atoms with Gasteiger partial charge in [-0.1, -0.05) is 20.8 Å². The lowest BCUT2D eigenvalue weighted by Crippen LogP contribution is -2.05. The van der Waals surface area contributed by atoms with Crippen LogP contribution in [0.2, 0.25) is 0 Å². The zero-order valence-corrected chi connectivity index (χ0v) is 10.9. The Bertz CT molecular complexity index is 514. The largest absolute Gasteiger partial charge is 0.389 e. The second-order valence-corrected chi connectivity index (χ2v) is 5.08. The van der Waals surface area contributed by atoms with E-state index in [-0.39, 0.29) is 0 Å². The number of rotatable bonds is 3. The number of hydrogen-bond donors (Lipinski definition) is 1. The minimum Gasteiger partial charge on any atom is -0.389 e. The number of aliphatic hydroxyl groups excluding tert-OH is 1. The lowest BCUT2D eigenvalue weighted by atomic mass is 9.95. The molecule has 1 N–H and O–H groups in total. The number of pyridine rings is 1. The number of aromatic nitrogens is 2. The second-order valence-electron chi connectivity index (χ2n) is 5.08. The number of hydrogen-bond acceptors (Lipinski definition) is 2. The normalized spacial score (nSPS) is 15.4. The van der Waals surface area contributed by atoms with Gasteiger partial charge in [0.15, 0.2) is 0 Å². The number of imidazole rings is 1. The van der Waals surface area contributed by atoms with E-state index in [0.717, 1.165) is 11.2 Å². The van der Waals surface area contributed by atoms with Crippen molar-refractivity contribution >= 4 is 5.65 Å². The Morgan fingerprint density at radius 2 is 1.94 bits per heavy atom. The van der Waals surface area contributed by atoms with E-state index in [1.807, 2.05) is 24.5 Å². The predicted octanol–water partition coefficient (Wildman–Crippen LogP) is 3.15. The maximum absolute atomic E-state index is 9.55. The summed E-state index contributed by atoms with van der Waals surface area (Å²) in [6, 6.07) is 3.90. The van der Waals surface area contributed by atoms with Crippen LogP contribution in [0.5, 0.6) is 0 Å². The molecule has 0 fully saturated rings. The Kier molecular flexibility index (Phi) is 3.20. The molecule has 17 heavy (non-hydrogen) atoms. The standard InChI is InChI=1S/C14H20N2O/c1-9(2)10(3)13-8-15-14-7-12(11(4)17)5-6-16(13)14/h5-11,17H,1-4H3. The third-order valence-electron chi connectivity index (χ3n) is 3.51. The Morgan fingerprint density at radius 1 is 1.24 bits per heavy atom. The highest BCUT2D eigenvalue weighted by molar-refractivity contribution is 5.44. The second kappa shape index (κ2) is 4.49. The van der Waals surface area contributed by atoms with Crippen LogP contribution in [0.1, 0.15) is 51.0 Å². The van der Waals surface area contributed by atoms with Gasteiger partial charge in [0.1, 0.15) is 5.65 Å². The van der Waals surface area contributed by atoms with Gasteiger partial charge in [-0.05, 0) is 30.5 Å². The van der Waals surface area contributed by atoms with Crippen LogP contribution in [-0.2, 0) is 0 Å². The molecule has 2 unspecified atom stereocenters. The summed E-state index contributed by atoms with van der Waals surface area (Å²) in [5.74, 6) is 1.06. The highest BCUT2D eigenvalue weighted by Gasteiger charge is 2.15. The van der Waals surface area contributed by atoms with Crippen molar-refractivity contribution in [2.75, 3.05) is 0 Å². The van der Waals surface area contributed by atoms with Crippen molar-refractivity contribution in [2.24, 2.45) is 5.92 Å². The van der Waals surface area contributed by atoms with Gasteiger partial charge in [-0.15, -0.1) is 0 Å². The third-order valence-corrected chi connectivity index (χ3v) is 3.51. The number of nitrogens with zero attached hydrogens (tertiary/aromatic N) is 2. The molecule has 2 aromatic heterocycles. The summed E-state index contributed by atoms with van der Waals surface area (Å²) < 4.78 is 2.11. The molecule has 0 saturated heterocycles. The van der Waals surface area contributed by atoms with Gasteiger partial charge >= 0.3 is 0 Å². The van der Waals surface area contributed by atoms with Crippen molar-refractivity contribution in [3.8, 4) is 0 Å². The van der Waals surface area contributed by atoms with Crippen LogP contribution >= 0.6 is 0 Å². The van der Waals surface area contributed by atoms with Crippen LogP contribution in [0.25, 0.3) is 5.65 Å². The summed E-state index contributed by atoms with van der Waals surface area (Å²) in [7, 11) is 0. The molecule has 0 bridgehead atoms. The Balaban J connectivity index is 2.48. The smallest absolute Gasteiger partial charge is 0.137 e. The maximum atomic E-state index is 9.55. The van der Waals surface area contributed by atoms with E-state index in [1.54, 1.807) is 6.92 Å². The van der Waals surface area contributed by atoms with Gasteiger partial charge in [0, 0.05) is 24.0 Å². The van der Waals surface area contributed by atoms with Crippen LogP contribution in [-0.4, -0.2) is 14.5 Å². The van der Waals surface area contributed by atoms with Crippen LogP contribution in [0.3, 0.4) is 0 Å². The van der Waals surface area contributed by atoms with Gasteiger partial charge in [0.25, 0.3) is 0 Å². The average molecular weight is 232 g/mol. The highest BCUT2D eigenvalue weighted by Crippen LogP contribution is 2.25. The first-order chi connectivity index (χ1) is 8.00. The van der Waals surface area contributed by atoms with E-state index in [0.29, 0.717) is 11.8 Å². The van der Waals surface area contributed by atoms with Crippen molar-refractivity contribution in [3.05, 3.63) is 35.8 Å². The van der Waals surface area contributed by atoms with E-state index in [4.69, 9.17) is 0 Å². The molecule has 0 aliphatic carbocycles. The van der Waals surface area contributed by atoms with Crippen LogP contribution in [0, 0.1) is 5.92 Å². The molecule has 0 aliphatic rings. The minimum atomic E-state index is -0.442. The third kappa shape index (κ3) is 2.20. The van der Waals surface area contributed by atoms with Crippen molar-refractivity contribution < 1.29 is 5.11 Å². The molecule has 3 heteroatoms. The van der Waals surface area contributed by atoms with Crippen molar-refractivity contribution in [1.82, 2.24) is 9.38 Å². The molecule has 0 aliphatic heterocycles. The van der Waals surface area contributed by atoms with E-state index in [9.17, 15) is 5.11 Å². The summed E-state index contributed by atoms with van der Waals surface area (Å²) in [5, 5.41) is 9.55. The molecule has 2 aromatic rings. The lowest BCUT2D eigenvalue weighted by molar-refractivity contribution is 0.199. The van der Waals surface area contributed by atoms with Gasteiger partial charge in [0.05, 0.1) is 6.10 Å². The summed E-state index contributed by atoms with van der Waals surface area (Å²) in [5.41, 5.74) is 3.05. The molecular weight excluding hydrogens is 212 g/mol. The first kappa shape index (κ1) is 12.1. The van der Waals surface area contributed by atoms with Gasteiger partial charge in [-0.2, -0.15) is 0 Å². The topological polar surface area (TPSA) is 37.5 Å². The predicted molar refractivity (Wildman–Crippen MR) is 69.1 cm³/mol. The molecular formula is C14H20N2O. The zero-order valence-electron chi connectivity index (χ0n) is 10.9. The first-order valence-corrected chi connectivity index (χ1v) is 6.15. The molecule has 0 saturated carbocycles.